The molecule has 0 spiro atoms. The molecule has 2 heterocycles. The smallest absolute Gasteiger partial charge is 0.407 e. The average molecular weight is 629 g/mol. The predicted octanol–water partition coefficient (Wildman–Crippen LogP) is 3.06. The fraction of sp³-hybridized carbons (Fsp3) is 0.552. The second kappa shape index (κ2) is 13.7. The molecule has 2 fully saturated rings. The van der Waals surface area contributed by atoms with Gasteiger partial charge in [0.15, 0.2) is 6.29 Å². The van der Waals surface area contributed by atoms with Crippen LogP contribution in [0.5, 0.6) is 11.5 Å². The van der Waals surface area contributed by atoms with Crippen LogP contribution in [0.1, 0.15) is 19.4 Å². The van der Waals surface area contributed by atoms with Crippen molar-refractivity contribution in [2.45, 2.75) is 55.6 Å². The van der Waals surface area contributed by atoms with Gasteiger partial charge in [-0.1, -0.05) is 26.0 Å². The zero-order valence-corrected chi connectivity index (χ0v) is 25.3. The largest absolute Gasteiger partial charge is 0.497 e. The number of carbonyl (C=O) groups is 1. The summed E-state index contributed by atoms with van der Waals surface area (Å²) in [4.78, 5) is 13.0. The summed E-state index contributed by atoms with van der Waals surface area (Å²) >= 11 is 0. The Bertz CT molecular complexity index is 1330. The second-order valence-corrected chi connectivity index (χ2v) is 12.9. The summed E-state index contributed by atoms with van der Waals surface area (Å²) in [5, 5.41) is 14.0. The number of carbonyl (C=O) groups excluding carboxylic acids is 1. The molecule has 238 valence electrons. The first-order valence-corrected chi connectivity index (χ1v) is 15.3. The highest BCUT2D eigenvalue weighted by atomic mass is 32.2. The van der Waals surface area contributed by atoms with Crippen molar-refractivity contribution in [3.63, 3.8) is 0 Å². The number of nitrogens with one attached hydrogen (secondary N) is 1. The second-order valence-electron chi connectivity index (χ2n) is 11.0. The van der Waals surface area contributed by atoms with E-state index >= 15 is 0 Å². The third-order valence-electron chi connectivity index (χ3n) is 7.34. The summed E-state index contributed by atoms with van der Waals surface area (Å²) in [6.07, 6.45) is -4.84. The van der Waals surface area contributed by atoms with E-state index in [1.54, 1.807) is 24.3 Å². The van der Waals surface area contributed by atoms with Gasteiger partial charge in [-0.2, -0.15) is 4.31 Å². The van der Waals surface area contributed by atoms with Gasteiger partial charge in [-0.25, -0.2) is 22.0 Å². The van der Waals surface area contributed by atoms with E-state index in [-0.39, 0.29) is 36.9 Å². The van der Waals surface area contributed by atoms with Crippen LogP contribution >= 0.6 is 0 Å². The Morgan fingerprint density at radius 1 is 1.05 bits per heavy atom. The summed E-state index contributed by atoms with van der Waals surface area (Å²) in [6, 6.07) is 11.7. The molecule has 2 aliphatic heterocycles. The van der Waals surface area contributed by atoms with Crippen molar-refractivity contribution in [2.75, 3.05) is 40.5 Å². The third kappa shape index (κ3) is 7.92. The standard InChI is InChI=1S/C29H38F2N2O9S/c1-18(2)14-33(43(36,37)22-11-9-21(39-4)10-12-22)15-24(34)23(13-19-5-7-20(38-3)8-6-19)32-28(35)42-25-16-40-27-26(25)29(30,31)17-41-27/h5-12,18,23-27,34H,13-17H2,1-4H3,(H,32,35)/t23-,24+,25?,26-,27-/m0/s1. The molecule has 0 radical (unpaired) electrons. The number of amides is 1. The molecule has 0 saturated carbocycles. The molecule has 2 aromatic rings. The monoisotopic (exact) mass is 628 g/mol. The highest BCUT2D eigenvalue weighted by molar-refractivity contribution is 7.89. The van der Waals surface area contributed by atoms with E-state index in [0.29, 0.717) is 17.1 Å². The number of benzene rings is 2. The number of alkyl carbamates (subject to hydrolysis) is 1. The van der Waals surface area contributed by atoms with Crippen LogP contribution < -0.4 is 14.8 Å². The summed E-state index contributed by atoms with van der Waals surface area (Å²) in [7, 11) is -1.07. The van der Waals surface area contributed by atoms with E-state index in [1.807, 2.05) is 13.8 Å². The number of nitrogens with zero attached hydrogens (tertiary/aromatic N) is 1. The van der Waals surface area contributed by atoms with Crippen LogP contribution in [0.3, 0.4) is 0 Å². The number of hydrogen-bond acceptors (Lipinski definition) is 9. The van der Waals surface area contributed by atoms with Crippen molar-refractivity contribution in [3.05, 3.63) is 54.1 Å². The fourth-order valence-electron chi connectivity index (χ4n) is 5.12. The molecule has 2 N–H and O–H groups in total. The molecule has 1 unspecified atom stereocenters. The van der Waals surface area contributed by atoms with Gasteiger partial charge in [-0.3, -0.25) is 0 Å². The lowest BCUT2D eigenvalue weighted by atomic mass is 9.99. The minimum Gasteiger partial charge on any atom is -0.497 e. The molecule has 0 bridgehead atoms. The van der Waals surface area contributed by atoms with Crippen LogP contribution in [0, 0.1) is 11.8 Å². The minimum atomic E-state index is -4.06. The molecule has 1 amide bonds. The lowest BCUT2D eigenvalue weighted by molar-refractivity contribution is -0.0953. The van der Waals surface area contributed by atoms with Gasteiger partial charge in [0.1, 0.15) is 30.1 Å². The van der Waals surface area contributed by atoms with Crippen LogP contribution in [-0.4, -0.2) is 94.9 Å². The molecule has 4 rings (SSSR count). The van der Waals surface area contributed by atoms with E-state index in [9.17, 15) is 27.1 Å². The zero-order valence-electron chi connectivity index (χ0n) is 24.4. The number of aliphatic hydroxyl groups excluding tert-OH is 1. The lowest BCUT2D eigenvalue weighted by Gasteiger charge is -2.31. The summed E-state index contributed by atoms with van der Waals surface area (Å²) < 4.78 is 83.0. The Hall–Kier alpha value is -3.04. The van der Waals surface area contributed by atoms with E-state index < -0.39 is 59.1 Å². The minimum absolute atomic E-state index is 0.00993. The van der Waals surface area contributed by atoms with E-state index in [0.717, 1.165) is 4.31 Å². The molecule has 11 nitrogen and oxygen atoms in total. The Morgan fingerprint density at radius 3 is 2.23 bits per heavy atom. The van der Waals surface area contributed by atoms with E-state index in [1.165, 1.54) is 38.5 Å². The van der Waals surface area contributed by atoms with Gasteiger partial charge in [0, 0.05) is 13.1 Å². The maximum absolute atomic E-state index is 14.3. The molecule has 2 aliphatic rings. The first-order chi connectivity index (χ1) is 20.3. The molecule has 14 heteroatoms. The molecule has 2 aromatic carbocycles. The van der Waals surface area contributed by atoms with Crippen LogP contribution in [-0.2, 0) is 30.7 Å². The maximum atomic E-state index is 14.3. The highest BCUT2D eigenvalue weighted by Crippen LogP contribution is 2.43. The fourth-order valence-corrected chi connectivity index (χ4v) is 6.75. The van der Waals surface area contributed by atoms with Gasteiger partial charge < -0.3 is 34.1 Å². The third-order valence-corrected chi connectivity index (χ3v) is 9.19. The Labute approximate surface area is 250 Å². The maximum Gasteiger partial charge on any atom is 0.407 e. The first kappa shape index (κ1) is 32.9. The molecule has 2 saturated heterocycles. The van der Waals surface area contributed by atoms with Crippen molar-refractivity contribution in [2.24, 2.45) is 11.8 Å². The van der Waals surface area contributed by atoms with Crippen molar-refractivity contribution < 1.29 is 50.8 Å². The van der Waals surface area contributed by atoms with Crippen LogP contribution in [0.25, 0.3) is 0 Å². The van der Waals surface area contributed by atoms with Gasteiger partial charge in [0.05, 0.1) is 37.9 Å². The summed E-state index contributed by atoms with van der Waals surface area (Å²) in [5.41, 5.74) is 0.693. The first-order valence-electron chi connectivity index (χ1n) is 13.9. The molecular formula is C29H38F2N2O9S. The number of fused-ring (bicyclic) bond motifs is 1. The summed E-state index contributed by atoms with van der Waals surface area (Å²) in [5.74, 6) is -3.71. The van der Waals surface area contributed by atoms with Gasteiger partial charge in [-0.15, -0.1) is 0 Å². The number of methoxy groups -OCH3 is 2. The van der Waals surface area contributed by atoms with Crippen LogP contribution in [0.15, 0.2) is 53.4 Å². The molecule has 43 heavy (non-hydrogen) atoms. The van der Waals surface area contributed by atoms with Gasteiger partial charge in [0.25, 0.3) is 5.92 Å². The average Bonchev–Trinajstić information content (AvgIpc) is 3.52. The van der Waals surface area contributed by atoms with E-state index in [2.05, 4.69) is 5.32 Å². The molecule has 0 aliphatic carbocycles. The predicted molar refractivity (Wildman–Crippen MR) is 151 cm³/mol. The number of hydrogen-bond donors (Lipinski definition) is 2. The molecular weight excluding hydrogens is 590 g/mol. The highest BCUT2D eigenvalue weighted by Gasteiger charge is 2.60. The van der Waals surface area contributed by atoms with Crippen molar-refractivity contribution >= 4 is 16.1 Å². The molecule has 0 aromatic heterocycles. The summed E-state index contributed by atoms with van der Waals surface area (Å²) in [6.45, 7) is 2.29. The number of alkyl halides is 2. The van der Waals surface area contributed by atoms with Crippen molar-refractivity contribution in [1.82, 2.24) is 9.62 Å². The van der Waals surface area contributed by atoms with Crippen LogP contribution in [0.4, 0.5) is 13.6 Å². The molecule has 5 atom stereocenters. The van der Waals surface area contributed by atoms with Crippen molar-refractivity contribution in [3.8, 4) is 11.5 Å². The number of halogens is 2. The SMILES string of the molecule is COc1ccc(C[C@H](NC(=O)OC2CO[C@H]3OCC(F)(F)[C@@H]23)[C@H](O)CN(CC(C)C)S(=O)(=O)c2ccc(OC)cc2)cc1. The van der Waals surface area contributed by atoms with Gasteiger partial charge >= 0.3 is 6.09 Å². The normalized spacial score (nSPS) is 22.7. The number of sulfonamides is 1. The number of rotatable bonds is 13. The van der Waals surface area contributed by atoms with E-state index in [4.69, 9.17) is 23.7 Å². The van der Waals surface area contributed by atoms with Gasteiger partial charge in [-0.05, 0) is 54.3 Å². The lowest BCUT2D eigenvalue weighted by Crippen LogP contribution is -2.52. The quantitative estimate of drug-likeness (QED) is 0.344. The Balaban J connectivity index is 1.54. The van der Waals surface area contributed by atoms with Crippen molar-refractivity contribution in [1.29, 1.82) is 0 Å². The van der Waals surface area contributed by atoms with Crippen LogP contribution in [0.2, 0.25) is 0 Å². The topological polar surface area (TPSA) is 133 Å². The van der Waals surface area contributed by atoms with Gasteiger partial charge in [0.2, 0.25) is 10.0 Å². The Morgan fingerprint density at radius 2 is 1.65 bits per heavy atom. The Kier molecular flexibility index (Phi) is 10.5. The zero-order chi connectivity index (χ0) is 31.4. The number of ether oxygens (including phenoxy) is 5. The number of aliphatic hydroxyl groups is 1.